The number of halogens is 1. The van der Waals surface area contributed by atoms with E-state index in [1.54, 1.807) is 47.4 Å². The van der Waals surface area contributed by atoms with Crippen LogP contribution in [0.1, 0.15) is 12.0 Å². The van der Waals surface area contributed by atoms with Crippen molar-refractivity contribution in [3.63, 3.8) is 0 Å². The number of hydrogen-bond acceptors (Lipinski definition) is 4. The Hall–Kier alpha value is -3.12. The summed E-state index contributed by atoms with van der Waals surface area (Å²) in [7, 11) is 0. The Balaban J connectivity index is 1.51. The molecule has 0 saturated carbocycles. The molecule has 0 aliphatic carbocycles. The van der Waals surface area contributed by atoms with Crippen molar-refractivity contribution in [1.82, 2.24) is 0 Å². The summed E-state index contributed by atoms with van der Waals surface area (Å²) in [5, 5.41) is 4.21. The second-order valence-corrected chi connectivity index (χ2v) is 7.27. The van der Waals surface area contributed by atoms with Gasteiger partial charge >= 0.3 is 5.63 Å². The number of aryl methyl sites for hydroxylation is 1. The van der Waals surface area contributed by atoms with Crippen molar-refractivity contribution in [1.29, 1.82) is 0 Å². The number of carbonyl (C=O) groups is 2. The van der Waals surface area contributed by atoms with Gasteiger partial charge in [-0.25, -0.2) is 4.79 Å². The Morgan fingerprint density at radius 3 is 2.64 bits per heavy atom. The van der Waals surface area contributed by atoms with Crippen LogP contribution in [0.2, 0.25) is 5.02 Å². The fourth-order valence-corrected chi connectivity index (χ4v) is 3.53. The first-order chi connectivity index (χ1) is 13.4. The lowest BCUT2D eigenvalue weighted by molar-refractivity contribution is -0.122. The number of benzene rings is 2. The van der Waals surface area contributed by atoms with E-state index in [4.69, 9.17) is 16.0 Å². The maximum Gasteiger partial charge on any atom is 0.336 e. The van der Waals surface area contributed by atoms with E-state index >= 15 is 0 Å². The third-order valence-electron chi connectivity index (χ3n) is 4.85. The largest absolute Gasteiger partial charge is 0.423 e. The summed E-state index contributed by atoms with van der Waals surface area (Å²) in [5.41, 5.74) is 2.02. The molecule has 1 N–H and O–H groups in total. The van der Waals surface area contributed by atoms with Gasteiger partial charge in [-0.2, -0.15) is 0 Å². The van der Waals surface area contributed by atoms with Crippen LogP contribution in [0.4, 0.5) is 11.4 Å². The maximum absolute atomic E-state index is 12.7. The lowest BCUT2D eigenvalue weighted by Crippen LogP contribution is -2.28. The number of amides is 2. The fourth-order valence-electron chi connectivity index (χ4n) is 3.40. The number of rotatable bonds is 3. The zero-order valence-corrected chi connectivity index (χ0v) is 15.8. The Morgan fingerprint density at radius 1 is 1.14 bits per heavy atom. The minimum Gasteiger partial charge on any atom is -0.423 e. The molecule has 7 heteroatoms. The van der Waals surface area contributed by atoms with E-state index < -0.39 is 11.5 Å². The van der Waals surface area contributed by atoms with Crippen molar-refractivity contribution in [3.05, 3.63) is 69.5 Å². The molecule has 1 aliphatic heterocycles. The summed E-state index contributed by atoms with van der Waals surface area (Å²) >= 11 is 5.89. The molecule has 1 unspecified atom stereocenters. The van der Waals surface area contributed by atoms with Crippen molar-refractivity contribution >= 4 is 45.8 Å². The third kappa shape index (κ3) is 3.51. The normalized spacial score (nSPS) is 16.6. The molecule has 1 aromatic heterocycles. The molecular formula is C21H17ClN2O4. The SMILES string of the molecule is Cc1cc(=O)oc2cc(NC(=O)C3CC(=O)N(c4ccc(Cl)cc4)C3)ccc12. The first kappa shape index (κ1) is 18.3. The van der Waals surface area contributed by atoms with Gasteiger partial charge in [-0.1, -0.05) is 11.6 Å². The Bertz CT molecular complexity index is 1140. The molecule has 142 valence electrons. The predicted molar refractivity (Wildman–Crippen MR) is 108 cm³/mol. The van der Waals surface area contributed by atoms with Gasteiger partial charge in [0.25, 0.3) is 0 Å². The monoisotopic (exact) mass is 396 g/mol. The summed E-state index contributed by atoms with van der Waals surface area (Å²) < 4.78 is 5.21. The molecule has 3 aromatic rings. The first-order valence-corrected chi connectivity index (χ1v) is 9.20. The minimum absolute atomic E-state index is 0.109. The lowest BCUT2D eigenvalue weighted by Gasteiger charge is -2.16. The van der Waals surface area contributed by atoms with Crippen LogP contribution in [0, 0.1) is 12.8 Å². The number of carbonyl (C=O) groups excluding carboxylic acids is 2. The summed E-state index contributed by atoms with van der Waals surface area (Å²) in [6.45, 7) is 2.13. The maximum atomic E-state index is 12.7. The van der Waals surface area contributed by atoms with Crippen molar-refractivity contribution in [2.45, 2.75) is 13.3 Å². The highest BCUT2D eigenvalue weighted by Crippen LogP contribution is 2.28. The molecule has 28 heavy (non-hydrogen) atoms. The molecule has 6 nitrogen and oxygen atoms in total. The zero-order valence-electron chi connectivity index (χ0n) is 15.1. The highest BCUT2D eigenvalue weighted by molar-refractivity contribution is 6.30. The number of hydrogen-bond donors (Lipinski definition) is 1. The third-order valence-corrected chi connectivity index (χ3v) is 5.10. The van der Waals surface area contributed by atoms with Crippen molar-refractivity contribution < 1.29 is 14.0 Å². The predicted octanol–water partition coefficient (Wildman–Crippen LogP) is 3.75. The van der Waals surface area contributed by atoms with Gasteiger partial charge in [-0.05, 0) is 48.9 Å². The lowest BCUT2D eigenvalue weighted by atomic mass is 10.1. The summed E-state index contributed by atoms with van der Waals surface area (Å²) in [6.07, 6.45) is 0.135. The molecule has 1 fully saturated rings. The van der Waals surface area contributed by atoms with E-state index in [1.807, 2.05) is 6.92 Å². The van der Waals surface area contributed by atoms with Crippen LogP contribution < -0.4 is 15.8 Å². The van der Waals surface area contributed by atoms with Gasteiger partial charge in [0.15, 0.2) is 0 Å². The quantitative estimate of drug-likeness (QED) is 0.684. The number of fused-ring (bicyclic) bond motifs is 1. The van der Waals surface area contributed by atoms with E-state index in [9.17, 15) is 14.4 Å². The second kappa shape index (κ2) is 7.13. The van der Waals surface area contributed by atoms with Crippen molar-refractivity contribution in [3.8, 4) is 0 Å². The van der Waals surface area contributed by atoms with Gasteiger partial charge in [0, 0.05) is 46.9 Å². The van der Waals surface area contributed by atoms with E-state index in [1.165, 1.54) is 6.07 Å². The Morgan fingerprint density at radius 2 is 1.89 bits per heavy atom. The standard InChI is InChI=1S/C21H17ClN2O4/c1-12-8-20(26)28-18-10-15(4-7-17(12)18)23-21(27)13-9-19(25)24(11-13)16-5-2-14(22)3-6-16/h2-8,10,13H,9,11H2,1H3,(H,23,27). The molecule has 4 rings (SSSR count). The van der Waals surface area contributed by atoms with Gasteiger partial charge < -0.3 is 14.6 Å². The average Bonchev–Trinajstić information content (AvgIpc) is 3.04. The molecule has 2 aromatic carbocycles. The average molecular weight is 397 g/mol. The topological polar surface area (TPSA) is 79.6 Å². The van der Waals surface area contributed by atoms with Gasteiger partial charge in [-0.3, -0.25) is 9.59 Å². The highest BCUT2D eigenvalue weighted by atomic mass is 35.5. The van der Waals surface area contributed by atoms with Gasteiger partial charge in [0.05, 0.1) is 5.92 Å². The van der Waals surface area contributed by atoms with Crippen LogP contribution in [0.3, 0.4) is 0 Å². The van der Waals surface area contributed by atoms with Crippen molar-refractivity contribution in [2.75, 3.05) is 16.8 Å². The van der Waals surface area contributed by atoms with Gasteiger partial charge in [0.2, 0.25) is 11.8 Å². The summed E-state index contributed by atoms with van der Waals surface area (Å²) in [4.78, 5) is 38.2. The molecular weight excluding hydrogens is 380 g/mol. The second-order valence-electron chi connectivity index (χ2n) is 6.83. The van der Waals surface area contributed by atoms with Crippen LogP contribution in [-0.4, -0.2) is 18.4 Å². The van der Waals surface area contributed by atoms with Crippen LogP contribution in [0.5, 0.6) is 0 Å². The number of nitrogens with one attached hydrogen (secondary N) is 1. The molecule has 1 saturated heterocycles. The number of nitrogens with zero attached hydrogens (tertiary/aromatic N) is 1. The van der Waals surface area contributed by atoms with Gasteiger partial charge in [-0.15, -0.1) is 0 Å². The molecule has 2 amide bonds. The molecule has 1 aliphatic rings. The molecule has 0 bridgehead atoms. The minimum atomic E-state index is -0.469. The Kier molecular flexibility index (Phi) is 4.65. The molecule has 2 heterocycles. The molecule has 0 radical (unpaired) electrons. The Labute approximate surface area is 165 Å². The van der Waals surface area contributed by atoms with E-state index in [-0.39, 0.29) is 18.2 Å². The van der Waals surface area contributed by atoms with E-state index in [0.717, 1.165) is 10.9 Å². The van der Waals surface area contributed by atoms with Crippen LogP contribution in [-0.2, 0) is 9.59 Å². The van der Waals surface area contributed by atoms with Crippen LogP contribution >= 0.6 is 11.6 Å². The van der Waals surface area contributed by atoms with E-state index in [0.29, 0.717) is 28.5 Å². The smallest absolute Gasteiger partial charge is 0.336 e. The highest BCUT2D eigenvalue weighted by Gasteiger charge is 2.35. The van der Waals surface area contributed by atoms with Crippen LogP contribution in [0.15, 0.2) is 57.7 Å². The zero-order chi connectivity index (χ0) is 19.8. The van der Waals surface area contributed by atoms with Gasteiger partial charge in [0.1, 0.15) is 5.58 Å². The first-order valence-electron chi connectivity index (χ1n) is 8.82. The fraction of sp³-hybridized carbons (Fsp3) is 0.190. The molecule has 1 atom stereocenters. The van der Waals surface area contributed by atoms with Crippen LogP contribution in [0.25, 0.3) is 11.0 Å². The van der Waals surface area contributed by atoms with E-state index in [2.05, 4.69) is 5.32 Å². The summed E-state index contributed by atoms with van der Waals surface area (Å²) in [5.74, 6) is -0.829. The molecule has 0 spiro atoms. The van der Waals surface area contributed by atoms with Crippen molar-refractivity contribution in [2.24, 2.45) is 5.92 Å². The summed E-state index contributed by atoms with van der Waals surface area (Å²) in [6, 6.07) is 13.5. The number of anilines is 2.